The van der Waals surface area contributed by atoms with Crippen LogP contribution in [-0.2, 0) is 4.74 Å². The minimum absolute atomic E-state index is 0.702. The van der Waals surface area contributed by atoms with Crippen LogP contribution in [0.4, 0.5) is 5.88 Å². The van der Waals surface area contributed by atoms with Crippen molar-refractivity contribution in [3.05, 3.63) is 97.4 Å². The first kappa shape index (κ1) is 25.3. The fourth-order valence-electron chi connectivity index (χ4n) is 4.22. The molecule has 182 valence electrons. The van der Waals surface area contributed by atoms with Crippen LogP contribution in [0.25, 0.3) is 0 Å². The van der Waals surface area contributed by atoms with E-state index in [2.05, 4.69) is 95.9 Å². The summed E-state index contributed by atoms with van der Waals surface area (Å²) in [6, 6.07) is 32.3. The minimum atomic E-state index is -4.94. The van der Waals surface area contributed by atoms with Crippen LogP contribution in [0.3, 0.4) is 0 Å². The first-order chi connectivity index (χ1) is 16.9. The number of nitrogens with zero attached hydrogens (tertiary/aromatic N) is 2. The molecule has 35 heavy (non-hydrogen) atoms. The number of hydrogen-bond donors (Lipinski definition) is 0. The second kappa shape index (κ2) is 11.3. The third kappa shape index (κ3) is 5.89. The van der Waals surface area contributed by atoms with E-state index in [4.69, 9.17) is 32.8 Å². The highest BCUT2D eigenvalue weighted by Gasteiger charge is 2.53. The zero-order chi connectivity index (χ0) is 24.7. The Kier molecular flexibility index (Phi) is 8.15. The SMILES string of the molecule is [O-][Cl+3]([O-])([O-])[O-].c1ccc([P+](c2ccccc2)(c2ccccc2)c2ncoc2N2CCOCC2)cc1. The van der Waals surface area contributed by atoms with E-state index in [-0.39, 0.29) is 0 Å². The number of anilines is 1. The van der Waals surface area contributed by atoms with Gasteiger partial charge in [-0.3, -0.25) is 0 Å². The predicted octanol–water partition coefficient (Wildman–Crippen LogP) is -1.63. The molecule has 1 aliphatic heterocycles. The molecule has 0 aliphatic carbocycles. The molecule has 0 bridgehead atoms. The average molecular weight is 515 g/mol. The number of morpholine rings is 1. The van der Waals surface area contributed by atoms with Crippen molar-refractivity contribution in [2.75, 3.05) is 31.2 Å². The average Bonchev–Trinajstić information content (AvgIpc) is 3.36. The van der Waals surface area contributed by atoms with Crippen molar-refractivity contribution in [2.24, 2.45) is 0 Å². The van der Waals surface area contributed by atoms with Crippen molar-refractivity contribution in [2.45, 2.75) is 0 Å². The Hall–Kier alpha value is -2.81. The second-order valence-corrected chi connectivity index (χ2v) is 11.7. The van der Waals surface area contributed by atoms with Gasteiger partial charge in [-0.25, -0.2) is 18.6 Å². The van der Waals surface area contributed by atoms with E-state index in [1.165, 1.54) is 15.9 Å². The van der Waals surface area contributed by atoms with E-state index >= 15 is 0 Å². The van der Waals surface area contributed by atoms with Gasteiger partial charge in [0.05, 0.1) is 13.2 Å². The molecule has 0 atom stereocenters. The Bertz CT molecular complexity index is 1080. The van der Waals surface area contributed by atoms with Crippen LogP contribution in [-0.4, -0.2) is 31.3 Å². The number of oxazole rings is 1. The zero-order valence-electron chi connectivity index (χ0n) is 18.7. The maximum absolute atomic E-state index is 8.49. The van der Waals surface area contributed by atoms with Crippen LogP contribution >= 0.6 is 7.26 Å². The fourth-order valence-corrected chi connectivity index (χ4v) is 8.40. The highest BCUT2D eigenvalue weighted by molar-refractivity contribution is 8.01. The summed E-state index contributed by atoms with van der Waals surface area (Å²) in [5, 5.41) is 3.81. The van der Waals surface area contributed by atoms with E-state index in [9.17, 15) is 0 Å². The Morgan fingerprint density at radius 1 is 0.686 bits per heavy atom. The van der Waals surface area contributed by atoms with Gasteiger partial charge >= 0.3 is 0 Å². The Morgan fingerprint density at radius 2 is 1.09 bits per heavy atom. The predicted molar refractivity (Wildman–Crippen MR) is 124 cm³/mol. The zero-order valence-corrected chi connectivity index (χ0v) is 20.4. The first-order valence-electron chi connectivity index (χ1n) is 10.8. The molecule has 0 amide bonds. The van der Waals surface area contributed by atoms with Gasteiger partial charge in [0, 0.05) is 13.1 Å². The van der Waals surface area contributed by atoms with E-state index in [1.807, 2.05) is 0 Å². The number of hydrogen-bond acceptors (Lipinski definition) is 8. The minimum Gasteiger partial charge on any atom is -0.424 e. The van der Waals surface area contributed by atoms with Crippen LogP contribution in [0.1, 0.15) is 0 Å². The molecule has 0 spiro atoms. The van der Waals surface area contributed by atoms with Crippen molar-refractivity contribution >= 4 is 34.5 Å². The third-order valence-electron chi connectivity index (χ3n) is 5.58. The smallest absolute Gasteiger partial charge is 0.261 e. The van der Waals surface area contributed by atoms with Gasteiger partial charge in [0.15, 0.2) is 13.7 Å². The first-order valence-corrected chi connectivity index (χ1v) is 13.9. The molecule has 3 aromatic carbocycles. The van der Waals surface area contributed by atoms with Crippen molar-refractivity contribution in [3.63, 3.8) is 0 Å². The summed E-state index contributed by atoms with van der Waals surface area (Å²) in [6.07, 6.45) is 1.60. The third-order valence-corrected chi connectivity index (χ3v) is 9.74. The Morgan fingerprint density at radius 3 is 1.49 bits per heavy atom. The molecule has 0 radical (unpaired) electrons. The highest BCUT2D eigenvalue weighted by Crippen LogP contribution is 2.55. The van der Waals surface area contributed by atoms with Gasteiger partial charge in [0.1, 0.15) is 15.9 Å². The van der Waals surface area contributed by atoms with Crippen LogP contribution in [0.5, 0.6) is 0 Å². The van der Waals surface area contributed by atoms with Gasteiger partial charge in [0.25, 0.3) is 11.3 Å². The molecular weight excluding hydrogens is 491 g/mol. The molecule has 0 saturated carbocycles. The van der Waals surface area contributed by atoms with Gasteiger partial charge in [-0.15, -0.1) is 10.2 Å². The molecule has 0 N–H and O–H groups in total. The van der Waals surface area contributed by atoms with Gasteiger partial charge < -0.3 is 14.1 Å². The van der Waals surface area contributed by atoms with E-state index in [0.29, 0.717) is 13.2 Å². The quantitative estimate of drug-likeness (QED) is 0.290. The standard InChI is InChI=1S/C25H24N2O2P.ClHO4/c1-4-10-21(11-5-1)30(22-12-6-2-7-13-22,23-14-8-3-9-15-23)24-25(29-20-26-24)27-16-18-28-19-17-27;2-1(3,4)5/h1-15,20H,16-19H2;(H,2,3,4,5)/q+1;/p-1. The van der Waals surface area contributed by atoms with Crippen LogP contribution in [0.15, 0.2) is 102 Å². The number of halogens is 1. The lowest BCUT2D eigenvalue weighted by molar-refractivity contribution is -2.00. The van der Waals surface area contributed by atoms with Crippen LogP contribution < -0.4 is 44.9 Å². The summed E-state index contributed by atoms with van der Waals surface area (Å²) in [7, 11) is -7.19. The highest BCUT2D eigenvalue weighted by atomic mass is 35.7. The molecule has 8 nitrogen and oxygen atoms in total. The normalized spacial score (nSPS) is 14.2. The topological polar surface area (TPSA) is 131 Å². The summed E-state index contributed by atoms with van der Waals surface area (Å²) in [4.78, 5) is 7.17. The second-order valence-electron chi connectivity index (χ2n) is 7.64. The summed E-state index contributed by atoms with van der Waals surface area (Å²) >= 11 is 0. The van der Waals surface area contributed by atoms with Gasteiger partial charge in [-0.1, -0.05) is 54.6 Å². The monoisotopic (exact) mass is 514 g/mol. The fraction of sp³-hybridized carbons (Fsp3) is 0.160. The molecule has 1 saturated heterocycles. The lowest BCUT2D eigenvalue weighted by Gasteiger charge is -2.30. The molecule has 1 fully saturated rings. The van der Waals surface area contributed by atoms with E-state index < -0.39 is 17.5 Å². The molecule has 1 aliphatic rings. The van der Waals surface area contributed by atoms with Gasteiger partial charge in [-0.2, -0.15) is 4.98 Å². The van der Waals surface area contributed by atoms with Crippen molar-refractivity contribution in [3.8, 4) is 0 Å². The maximum Gasteiger partial charge on any atom is 0.261 e. The molecule has 5 rings (SSSR count). The number of benzene rings is 3. The number of rotatable bonds is 5. The Labute approximate surface area is 206 Å². The van der Waals surface area contributed by atoms with Gasteiger partial charge in [0.2, 0.25) is 0 Å². The maximum atomic E-state index is 8.49. The molecule has 4 aromatic rings. The summed E-state index contributed by atoms with van der Waals surface area (Å²) in [5.74, 6) is 0.864. The molecule has 10 heteroatoms. The molecule has 2 heterocycles. The van der Waals surface area contributed by atoms with Crippen molar-refractivity contribution in [1.82, 2.24) is 4.98 Å². The molecular formula is C25H24ClN2O6P. The number of aromatic nitrogens is 1. The Balaban J connectivity index is 0.000000527. The van der Waals surface area contributed by atoms with Crippen LogP contribution in [0.2, 0.25) is 0 Å². The van der Waals surface area contributed by atoms with E-state index in [0.717, 1.165) is 24.4 Å². The van der Waals surface area contributed by atoms with Gasteiger partial charge in [-0.05, 0) is 36.4 Å². The van der Waals surface area contributed by atoms with Crippen molar-refractivity contribution < 1.29 is 38.0 Å². The number of ether oxygens (including phenoxy) is 1. The lowest BCUT2D eigenvalue weighted by Crippen LogP contribution is -2.68. The van der Waals surface area contributed by atoms with Crippen LogP contribution in [0, 0.1) is 10.2 Å². The largest absolute Gasteiger partial charge is 0.424 e. The summed E-state index contributed by atoms with van der Waals surface area (Å²) in [6.45, 7) is 3.02. The molecule has 1 aromatic heterocycles. The lowest BCUT2D eigenvalue weighted by atomic mass is 10.4. The van der Waals surface area contributed by atoms with E-state index in [1.54, 1.807) is 6.39 Å². The van der Waals surface area contributed by atoms with Crippen molar-refractivity contribution in [1.29, 1.82) is 0 Å². The molecule has 0 unspecified atom stereocenters. The summed E-state index contributed by atoms with van der Waals surface area (Å²) in [5.41, 5.74) is 1.02. The summed E-state index contributed by atoms with van der Waals surface area (Å²) < 4.78 is 45.6.